The lowest BCUT2D eigenvalue weighted by molar-refractivity contribution is -0.139. The van der Waals surface area contributed by atoms with Crippen LogP contribution in [0, 0.1) is 5.92 Å². The molecule has 1 aliphatic carbocycles. The minimum atomic E-state index is -0.158. The van der Waals surface area contributed by atoms with Crippen LogP contribution in [0.5, 0.6) is 0 Å². The molecule has 1 fully saturated rings. The molecule has 0 amide bonds. The van der Waals surface area contributed by atoms with Crippen molar-refractivity contribution in [2.45, 2.75) is 70.3 Å². The highest BCUT2D eigenvalue weighted by molar-refractivity contribution is 5.90. The van der Waals surface area contributed by atoms with Crippen molar-refractivity contribution >= 4 is 5.97 Å². The van der Waals surface area contributed by atoms with Crippen molar-refractivity contribution < 1.29 is 9.53 Å². The molecule has 2 aliphatic rings. The summed E-state index contributed by atoms with van der Waals surface area (Å²) in [5.74, 6) is 0.110. The second-order valence-electron chi connectivity index (χ2n) is 5.82. The Bertz CT molecular complexity index is 343. The normalized spacial score (nSPS) is 32.2. The van der Waals surface area contributed by atoms with Gasteiger partial charge in [-0.3, -0.25) is 0 Å². The van der Waals surface area contributed by atoms with Crippen LogP contribution < -0.4 is 0 Å². The van der Waals surface area contributed by atoms with Gasteiger partial charge in [0.15, 0.2) is 0 Å². The topological polar surface area (TPSA) is 26.3 Å². The summed E-state index contributed by atoms with van der Waals surface area (Å²) in [4.78, 5) is 11.6. The van der Waals surface area contributed by atoms with E-state index < -0.39 is 0 Å². The summed E-state index contributed by atoms with van der Waals surface area (Å²) in [5, 5.41) is 0. The van der Waals surface area contributed by atoms with E-state index in [1.165, 1.54) is 38.5 Å². The Balaban J connectivity index is 1.92. The maximum absolute atomic E-state index is 11.6. The molecule has 1 heterocycles. The standard InChI is InChI=1S/C17H26O2/c1-14-15-12-10-8-6-4-2-3-5-7-9-11-13-16(15)19-17(14)18/h4,6,15-16H,1-3,5,7-13H2/b6-4-/t15-,16+/m0/s1. The number of carbonyl (C=O) groups excluding carboxylic acids is 1. The maximum Gasteiger partial charge on any atom is 0.334 e. The van der Waals surface area contributed by atoms with Gasteiger partial charge in [-0.15, -0.1) is 0 Å². The summed E-state index contributed by atoms with van der Waals surface area (Å²) in [6.07, 6.45) is 16.6. The van der Waals surface area contributed by atoms with Gasteiger partial charge in [-0.05, 0) is 44.9 Å². The highest BCUT2D eigenvalue weighted by Gasteiger charge is 2.37. The highest BCUT2D eigenvalue weighted by atomic mass is 16.6. The zero-order valence-corrected chi connectivity index (χ0v) is 11.9. The second-order valence-corrected chi connectivity index (χ2v) is 5.82. The number of fused-ring (bicyclic) bond motifs is 1. The molecule has 0 saturated carbocycles. The van der Waals surface area contributed by atoms with E-state index in [0.717, 1.165) is 25.7 Å². The van der Waals surface area contributed by atoms with Crippen molar-refractivity contribution in [2.24, 2.45) is 5.92 Å². The number of ether oxygens (including phenoxy) is 1. The number of carbonyl (C=O) groups is 1. The average molecular weight is 262 g/mol. The van der Waals surface area contributed by atoms with Crippen molar-refractivity contribution in [1.29, 1.82) is 0 Å². The van der Waals surface area contributed by atoms with E-state index in [0.29, 0.717) is 5.57 Å². The minimum absolute atomic E-state index is 0.104. The molecule has 19 heavy (non-hydrogen) atoms. The van der Waals surface area contributed by atoms with E-state index in [9.17, 15) is 4.79 Å². The molecule has 0 aromatic rings. The van der Waals surface area contributed by atoms with E-state index in [-0.39, 0.29) is 18.0 Å². The third-order valence-electron chi connectivity index (χ3n) is 4.33. The molecule has 0 N–H and O–H groups in total. The van der Waals surface area contributed by atoms with Crippen LogP contribution in [0.3, 0.4) is 0 Å². The van der Waals surface area contributed by atoms with Gasteiger partial charge in [0.2, 0.25) is 0 Å². The van der Waals surface area contributed by atoms with Gasteiger partial charge in [0, 0.05) is 11.5 Å². The Morgan fingerprint density at radius 2 is 1.63 bits per heavy atom. The summed E-state index contributed by atoms with van der Waals surface area (Å²) in [6.45, 7) is 3.93. The van der Waals surface area contributed by atoms with Crippen LogP contribution in [-0.2, 0) is 9.53 Å². The van der Waals surface area contributed by atoms with Crippen molar-refractivity contribution in [2.75, 3.05) is 0 Å². The van der Waals surface area contributed by atoms with E-state index in [4.69, 9.17) is 4.74 Å². The van der Waals surface area contributed by atoms with E-state index >= 15 is 0 Å². The first kappa shape index (κ1) is 14.4. The molecule has 0 aromatic carbocycles. The number of allylic oxidation sites excluding steroid dienone is 2. The van der Waals surface area contributed by atoms with Gasteiger partial charge < -0.3 is 4.74 Å². The average Bonchev–Trinajstić information content (AvgIpc) is 2.67. The molecule has 1 saturated heterocycles. The molecule has 0 spiro atoms. The first-order valence-corrected chi connectivity index (χ1v) is 7.84. The summed E-state index contributed by atoms with van der Waals surface area (Å²) in [7, 11) is 0. The third kappa shape index (κ3) is 4.22. The van der Waals surface area contributed by atoms with Crippen molar-refractivity contribution in [3.05, 3.63) is 24.3 Å². The maximum atomic E-state index is 11.6. The predicted molar refractivity (Wildman–Crippen MR) is 77.8 cm³/mol. The molecular weight excluding hydrogens is 236 g/mol. The quantitative estimate of drug-likeness (QED) is 0.363. The van der Waals surface area contributed by atoms with Crippen LogP contribution in [0.15, 0.2) is 24.3 Å². The molecule has 2 atom stereocenters. The lowest BCUT2D eigenvalue weighted by Gasteiger charge is -2.17. The summed E-state index contributed by atoms with van der Waals surface area (Å²) >= 11 is 0. The Morgan fingerprint density at radius 1 is 0.947 bits per heavy atom. The van der Waals surface area contributed by atoms with Gasteiger partial charge in [0.1, 0.15) is 6.10 Å². The van der Waals surface area contributed by atoms with Crippen LogP contribution in [-0.4, -0.2) is 12.1 Å². The first-order chi connectivity index (χ1) is 9.29. The summed E-state index contributed by atoms with van der Waals surface area (Å²) in [5.41, 5.74) is 0.709. The predicted octanol–water partition coefficient (Wildman–Crippen LogP) is 4.56. The molecule has 0 aromatic heterocycles. The Morgan fingerprint density at radius 3 is 2.47 bits per heavy atom. The van der Waals surface area contributed by atoms with Crippen molar-refractivity contribution in [3.63, 3.8) is 0 Å². The lowest BCUT2D eigenvalue weighted by Crippen LogP contribution is -2.16. The van der Waals surface area contributed by atoms with Gasteiger partial charge in [0.25, 0.3) is 0 Å². The SMILES string of the molecule is C=C1C(=O)O[C@@H]2CCCCCCC/C=C\CCC[C@@H]12. The molecule has 0 bridgehead atoms. The first-order valence-electron chi connectivity index (χ1n) is 7.84. The van der Waals surface area contributed by atoms with E-state index in [2.05, 4.69) is 18.7 Å². The number of rotatable bonds is 0. The fraction of sp³-hybridized carbons (Fsp3) is 0.706. The molecular formula is C17H26O2. The molecule has 2 rings (SSSR count). The Kier molecular flexibility index (Phi) is 5.68. The van der Waals surface area contributed by atoms with Crippen LogP contribution in [0.4, 0.5) is 0 Å². The third-order valence-corrected chi connectivity index (χ3v) is 4.33. The van der Waals surface area contributed by atoms with Crippen molar-refractivity contribution in [1.82, 2.24) is 0 Å². The van der Waals surface area contributed by atoms with Crippen LogP contribution in [0.1, 0.15) is 64.2 Å². The molecule has 2 nitrogen and oxygen atoms in total. The minimum Gasteiger partial charge on any atom is -0.458 e. The van der Waals surface area contributed by atoms with Crippen molar-refractivity contribution in [3.8, 4) is 0 Å². The zero-order chi connectivity index (χ0) is 13.5. The fourth-order valence-corrected chi connectivity index (χ4v) is 3.12. The monoisotopic (exact) mass is 262 g/mol. The van der Waals surface area contributed by atoms with Gasteiger partial charge in [-0.2, -0.15) is 0 Å². The Hall–Kier alpha value is -1.05. The summed E-state index contributed by atoms with van der Waals surface area (Å²) < 4.78 is 5.48. The van der Waals surface area contributed by atoms with Crippen LogP contribution >= 0.6 is 0 Å². The number of hydrogen-bond donors (Lipinski definition) is 0. The lowest BCUT2D eigenvalue weighted by atomic mass is 9.88. The largest absolute Gasteiger partial charge is 0.458 e. The molecule has 106 valence electrons. The summed E-state index contributed by atoms with van der Waals surface area (Å²) in [6, 6.07) is 0. The van der Waals surface area contributed by atoms with E-state index in [1.54, 1.807) is 0 Å². The highest BCUT2D eigenvalue weighted by Crippen LogP contribution is 2.34. The number of esters is 1. The van der Waals surface area contributed by atoms with Crippen LogP contribution in [0.2, 0.25) is 0 Å². The van der Waals surface area contributed by atoms with Gasteiger partial charge in [0.05, 0.1) is 0 Å². The van der Waals surface area contributed by atoms with Gasteiger partial charge in [-0.25, -0.2) is 4.79 Å². The van der Waals surface area contributed by atoms with Gasteiger partial charge in [-0.1, -0.05) is 38.0 Å². The van der Waals surface area contributed by atoms with Crippen LogP contribution in [0.25, 0.3) is 0 Å². The molecule has 1 aliphatic heterocycles. The van der Waals surface area contributed by atoms with E-state index in [1.807, 2.05) is 0 Å². The smallest absolute Gasteiger partial charge is 0.334 e. The molecule has 2 heteroatoms. The molecule has 0 unspecified atom stereocenters. The van der Waals surface area contributed by atoms with Gasteiger partial charge >= 0.3 is 5.97 Å². The fourth-order valence-electron chi connectivity index (χ4n) is 3.12. The Labute approximate surface area is 116 Å². The zero-order valence-electron chi connectivity index (χ0n) is 11.9. The molecule has 0 radical (unpaired) electrons. The number of hydrogen-bond acceptors (Lipinski definition) is 2. The second kappa shape index (κ2) is 7.52.